The summed E-state index contributed by atoms with van der Waals surface area (Å²) in [4.78, 5) is 163. The Morgan fingerprint density at radius 3 is 2.29 bits per heavy atom. The van der Waals surface area contributed by atoms with Crippen LogP contribution in [0, 0.1) is 19.8 Å². The highest BCUT2D eigenvalue weighted by Gasteiger charge is 2.46. The lowest BCUT2D eigenvalue weighted by Crippen LogP contribution is -2.44. The molecule has 0 bridgehead atoms. The standard InChI is InChI=1S/C68H83N7O17/c1-5-68(88)52-34-55-64-50(36-75(55)66(86)51(52)38-92-67(68)87)62-44(18-20-49-42(3)41(2)30-54(73-64)63(49)62)32-48(78)37-91-40-71-57(80)23-21-56(79)53(31-43-14-8-6-9-15-43)72-58(81)22-19-47(77)35-70-65(85)45(16-11-12-26-69-59(82)39-90-29-28-89-4)33-46(76)17-10-7-13-27-74-60(83)24-25-61(74)84/h6,8-9,14-15,24-25,30,34,44-45,53,88H,5,7,10-13,16-23,26-29,31-33,35-40H2,1-4H3,(H,69,82)(H,70,85)(H,71,80)(H,72,81)/t44-,45-,53+,68+/m1/s1. The first-order chi connectivity index (χ1) is 44.2. The highest BCUT2D eigenvalue weighted by atomic mass is 16.6. The summed E-state index contributed by atoms with van der Waals surface area (Å²) in [5.74, 6) is -5.90. The summed E-state index contributed by atoms with van der Waals surface area (Å²) in [6.45, 7) is 5.60. The number of ketones is 4. The first kappa shape index (κ1) is 69.4. The van der Waals surface area contributed by atoms with E-state index >= 15 is 0 Å². The number of ether oxygens (including phenoxy) is 4. The quantitative estimate of drug-likeness (QED) is 0.0159. The number of unbranched alkanes of at least 4 members (excludes halogenated alkanes) is 3. The van der Waals surface area contributed by atoms with Gasteiger partial charge in [-0.1, -0.05) is 50.1 Å². The number of nitrogens with one attached hydrogen (secondary N) is 4. The molecule has 4 atom stereocenters. The van der Waals surface area contributed by atoms with Crippen molar-refractivity contribution in [2.75, 3.05) is 59.9 Å². The van der Waals surface area contributed by atoms with E-state index in [-0.39, 0.29) is 162 Å². The first-order valence-corrected chi connectivity index (χ1v) is 31.7. The second-order valence-electron chi connectivity index (χ2n) is 24.1. The number of carbonyl (C=O) groups excluding carboxylic acids is 11. The van der Waals surface area contributed by atoms with Crippen LogP contribution in [0.1, 0.15) is 154 Å². The average Bonchev–Trinajstić information content (AvgIpc) is 1.47. The number of aryl methyl sites for hydroxylation is 2. The van der Waals surface area contributed by atoms with Gasteiger partial charge in [-0.25, -0.2) is 9.78 Å². The normalized spacial score (nSPS) is 16.7. The summed E-state index contributed by atoms with van der Waals surface area (Å²) in [6.07, 6.45) is 5.75. The summed E-state index contributed by atoms with van der Waals surface area (Å²) < 4.78 is 22.7. The van der Waals surface area contributed by atoms with E-state index in [0.717, 1.165) is 49.2 Å². The van der Waals surface area contributed by atoms with Gasteiger partial charge in [0.25, 0.3) is 17.4 Å². The van der Waals surface area contributed by atoms with Gasteiger partial charge in [0.2, 0.25) is 23.6 Å². The number of carbonyl (C=O) groups is 11. The average molecular weight is 1270 g/mol. The number of rotatable bonds is 38. The van der Waals surface area contributed by atoms with Crippen LogP contribution in [0.4, 0.5) is 0 Å². The van der Waals surface area contributed by atoms with Gasteiger partial charge in [-0.3, -0.25) is 57.6 Å². The molecule has 0 radical (unpaired) electrons. The predicted octanol–water partition coefficient (Wildman–Crippen LogP) is 4.33. The van der Waals surface area contributed by atoms with Crippen molar-refractivity contribution >= 4 is 75.4 Å². The van der Waals surface area contributed by atoms with Crippen molar-refractivity contribution in [1.82, 2.24) is 35.7 Å². The molecule has 0 unspecified atom stereocenters. The number of imide groups is 1. The zero-order valence-corrected chi connectivity index (χ0v) is 52.8. The summed E-state index contributed by atoms with van der Waals surface area (Å²) in [5, 5.41) is 23.1. The number of aliphatic hydroxyl groups is 1. The Hall–Kier alpha value is -8.45. The number of pyridine rings is 2. The van der Waals surface area contributed by atoms with Crippen molar-refractivity contribution in [3.05, 3.63) is 109 Å². The molecule has 24 nitrogen and oxygen atoms in total. The molecule has 0 saturated carbocycles. The monoisotopic (exact) mass is 1270 g/mol. The molecular formula is C68H83N7O17. The molecule has 1 aliphatic carbocycles. The highest BCUT2D eigenvalue weighted by molar-refractivity contribution is 6.12. The number of hydrogen-bond acceptors (Lipinski definition) is 18. The number of fused-ring (bicyclic) bond motifs is 5. The Morgan fingerprint density at radius 2 is 1.54 bits per heavy atom. The van der Waals surface area contributed by atoms with Crippen LogP contribution < -0.4 is 26.8 Å². The molecule has 24 heteroatoms. The van der Waals surface area contributed by atoms with Crippen molar-refractivity contribution in [2.45, 2.75) is 161 Å². The molecule has 3 aliphatic heterocycles. The minimum Gasteiger partial charge on any atom is -0.458 e. The molecule has 0 saturated heterocycles. The fourth-order valence-electron chi connectivity index (χ4n) is 12.4. The molecule has 2 aromatic carbocycles. The number of esters is 1. The number of aromatic nitrogens is 2. The number of amides is 6. The molecule has 8 rings (SSSR count). The van der Waals surface area contributed by atoms with Crippen LogP contribution in [0.25, 0.3) is 22.3 Å². The third-order valence-corrected chi connectivity index (χ3v) is 17.7. The Labute approximate surface area is 533 Å². The maximum Gasteiger partial charge on any atom is 0.343 e. The maximum absolute atomic E-state index is 14.1. The topological polar surface area (TPSA) is 331 Å². The smallest absolute Gasteiger partial charge is 0.343 e. The van der Waals surface area contributed by atoms with Crippen LogP contribution in [-0.2, 0) is 103 Å². The van der Waals surface area contributed by atoms with Gasteiger partial charge < -0.3 is 49.9 Å². The van der Waals surface area contributed by atoms with Crippen molar-refractivity contribution in [3.63, 3.8) is 0 Å². The third-order valence-electron chi connectivity index (χ3n) is 17.7. The lowest BCUT2D eigenvalue weighted by atomic mass is 9.76. The van der Waals surface area contributed by atoms with Crippen LogP contribution >= 0.6 is 0 Å². The fourth-order valence-corrected chi connectivity index (χ4v) is 12.4. The first-order valence-electron chi connectivity index (χ1n) is 31.7. The molecule has 5 heterocycles. The van der Waals surface area contributed by atoms with E-state index in [4.69, 9.17) is 23.9 Å². The molecule has 492 valence electrons. The van der Waals surface area contributed by atoms with Crippen molar-refractivity contribution in [2.24, 2.45) is 5.92 Å². The Balaban J connectivity index is 0.793. The third kappa shape index (κ3) is 17.6. The van der Waals surface area contributed by atoms with Crippen LogP contribution in [0.3, 0.4) is 0 Å². The van der Waals surface area contributed by atoms with Gasteiger partial charge in [-0.05, 0) is 111 Å². The minimum absolute atomic E-state index is 0.00199. The van der Waals surface area contributed by atoms with Gasteiger partial charge in [0, 0.05) is 99.7 Å². The SMILES string of the molecule is CC[C@@]1(O)C(=O)OCc2c1cc1n(c2=O)Cc2c-1nc1cc(C)c(C)c3c1c2[C@@H](CC(=O)COCNC(=O)CCC(=O)[C@H](Cc1ccccc1)NC(=O)CCC(=O)CNC(=O)[C@H](CCCCNC(=O)COCCOC)CC(=O)CCCCCN1C(=O)C=CC1=O)CC3. The van der Waals surface area contributed by atoms with E-state index in [1.54, 1.807) is 47.9 Å². The van der Waals surface area contributed by atoms with E-state index in [1.807, 2.05) is 13.0 Å². The van der Waals surface area contributed by atoms with Gasteiger partial charge in [0.05, 0.1) is 54.8 Å². The minimum atomic E-state index is -1.99. The van der Waals surface area contributed by atoms with Gasteiger partial charge >= 0.3 is 5.97 Å². The zero-order chi connectivity index (χ0) is 66.1. The lowest BCUT2D eigenvalue weighted by Gasteiger charge is -2.31. The summed E-state index contributed by atoms with van der Waals surface area (Å²) in [5.41, 5.74) is 5.55. The number of nitrogens with zero attached hydrogens (tertiary/aromatic N) is 3. The second kappa shape index (κ2) is 32.7. The Kier molecular flexibility index (Phi) is 24.7. The van der Waals surface area contributed by atoms with Crippen LogP contribution in [0.15, 0.2) is 59.4 Å². The second-order valence-corrected chi connectivity index (χ2v) is 24.1. The van der Waals surface area contributed by atoms with Crippen molar-refractivity contribution < 1.29 is 76.8 Å². The molecule has 4 aliphatic rings. The van der Waals surface area contributed by atoms with E-state index in [2.05, 4.69) is 28.2 Å². The van der Waals surface area contributed by atoms with Crippen LogP contribution in [-0.4, -0.2) is 150 Å². The van der Waals surface area contributed by atoms with E-state index in [9.17, 15) is 62.6 Å². The molecule has 6 amide bonds. The lowest BCUT2D eigenvalue weighted by molar-refractivity contribution is -0.172. The molecule has 0 spiro atoms. The van der Waals surface area contributed by atoms with E-state index in [0.29, 0.717) is 69.5 Å². The molecule has 5 N–H and O–H groups in total. The Bertz CT molecular complexity index is 3560. The van der Waals surface area contributed by atoms with Crippen molar-refractivity contribution in [3.8, 4) is 11.4 Å². The molecule has 2 aromatic heterocycles. The maximum atomic E-state index is 14.1. The Morgan fingerprint density at radius 1 is 0.783 bits per heavy atom. The van der Waals surface area contributed by atoms with Gasteiger partial charge in [0.1, 0.15) is 32.3 Å². The highest BCUT2D eigenvalue weighted by Crippen LogP contribution is 2.47. The van der Waals surface area contributed by atoms with Gasteiger partial charge in [0.15, 0.2) is 23.0 Å². The fraction of sp³-hybridized carbons (Fsp3) is 0.515. The van der Waals surface area contributed by atoms with Crippen molar-refractivity contribution in [1.29, 1.82) is 0 Å². The number of cyclic esters (lactones) is 1. The summed E-state index contributed by atoms with van der Waals surface area (Å²) >= 11 is 0. The summed E-state index contributed by atoms with van der Waals surface area (Å²) in [7, 11) is 1.52. The van der Waals surface area contributed by atoms with E-state index < -0.39 is 59.4 Å². The molecule has 92 heavy (non-hydrogen) atoms. The molecule has 0 fully saturated rings. The summed E-state index contributed by atoms with van der Waals surface area (Å²) in [6, 6.07) is 11.6. The number of benzene rings is 2. The largest absolute Gasteiger partial charge is 0.458 e. The molecule has 4 aromatic rings. The van der Waals surface area contributed by atoms with E-state index in [1.165, 1.54) is 19.3 Å². The molecular weight excluding hydrogens is 1190 g/mol. The van der Waals surface area contributed by atoms with Crippen LogP contribution in [0.2, 0.25) is 0 Å². The number of Topliss-reactive ketones (excluding diaryl/α,β-unsaturated/α-hetero) is 4. The number of methoxy groups -OCH3 is 1. The van der Waals surface area contributed by atoms with Gasteiger partial charge in [-0.15, -0.1) is 0 Å². The predicted molar refractivity (Wildman–Crippen MR) is 334 cm³/mol. The number of hydrogen-bond donors (Lipinski definition) is 5. The van der Waals surface area contributed by atoms with Gasteiger partial charge in [-0.2, -0.15) is 0 Å². The van der Waals surface area contributed by atoms with Crippen LogP contribution in [0.5, 0.6) is 0 Å². The zero-order valence-electron chi connectivity index (χ0n) is 52.8.